The largest absolute Gasteiger partial charge is 0.612 e. The zero-order valence-corrected chi connectivity index (χ0v) is 10.1. The van der Waals surface area contributed by atoms with Crippen molar-refractivity contribution in [3.8, 4) is 5.75 Å². The number of hydrogen-bond donors (Lipinski definition) is 0. The third-order valence-corrected chi connectivity index (χ3v) is 2.48. The van der Waals surface area contributed by atoms with Crippen molar-refractivity contribution in [2.75, 3.05) is 12.9 Å². The molecule has 1 rings (SSSR count). The van der Waals surface area contributed by atoms with Crippen molar-refractivity contribution in [3.05, 3.63) is 34.7 Å². The number of hydrogen-bond acceptors (Lipinski definition) is 2. The molecule has 0 N–H and O–H groups in total. The summed E-state index contributed by atoms with van der Waals surface area (Å²) >= 11 is -0.903. The van der Waals surface area contributed by atoms with Crippen molar-refractivity contribution in [3.63, 3.8) is 0 Å². The van der Waals surface area contributed by atoms with Crippen molar-refractivity contribution in [1.82, 2.24) is 0 Å². The molecule has 3 heteroatoms. The first-order chi connectivity index (χ1) is 7.13. The van der Waals surface area contributed by atoms with E-state index in [9.17, 15) is 4.55 Å². The molecule has 1 aromatic carbocycles. The minimum Gasteiger partial charge on any atom is -0.612 e. The number of ether oxygens (including phenoxy) is 1. The maximum Gasteiger partial charge on any atom is 0.122 e. The Morgan fingerprint density at radius 2 is 2.20 bits per heavy atom. The van der Waals surface area contributed by atoms with Gasteiger partial charge in [0.1, 0.15) is 11.2 Å². The van der Waals surface area contributed by atoms with Gasteiger partial charge in [-0.3, -0.25) is 0 Å². The van der Waals surface area contributed by atoms with E-state index in [0.29, 0.717) is 6.61 Å². The molecule has 0 fully saturated rings. The second-order valence-corrected chi connectivity index (χ2v) is 4.53. The van der Waals surface area contributed by atoms with Gasteiger partial charge < -0.3 is 9.29 Å². The molecule has 1 atom stereocenters. The van der Waals surface area contributed by atoms with Crippen molar-refractivity contribution in [2.45, 2.75) is 13.8 Å². The summed E-state index contributed by atoms with van der Waals surface area (Å²) in [4.78, 5) is 0. The summed E-state index contributed by atoms with van der Waals surface area (Å²) < 4.78 is 16.4. The minimum absolute atomic E-state index is 0.660. The summed E-state index contributed by atoms with van der Waals surface area (Å²) in [7, 11) is 0. The maximum atomic E-state index is 10.9. The van der Waals surface area contributed by atoms with Gasteiger partial charge in [-0.25, -0.2) is 0 Å². The van der Waals surface area contributed by atoms with Crippen LogP contribution in [0.3, 0.4) is 0 Å². The molecule has 0 aliphatic carbocycles. The lowest BCUT2D eigenvalue weighted by Crippen LogP contribution is -1.94. The van der Waals surface area contributed by atoms with Gasteiger partial charge in [0.25, 0.3) is 0 Å². The standard InChI is InChI=1S/C12H16O2S/c1-4-14-12-9-11(6-5-10(12)2)7-8-15(3)13/h5-9H,4H2,1-3H3. The molecule has 0 heterocycles. The van der Waals surface area contributed by atoms with Crippen molar-refractivity contribution in [2.24, 2.45) is 0 Å². The first-order valence-corrected chi connectivity index (χ1v) is 6.49. The fourth-order valence-electron chi connectivity index (χ4n) is 1.21. The smallest absolute Gasteiger partial charge is 0.122 e. The molecule has 0 saturated heterocycles. The molecule has 0 aliphatic rings. The lowest BCUT2D eigenvalue weighted by molar-refractivity contribution is 0.338. The van der Waals surface area contributed by atoms with Crippen LogP contribution in [0.15, 0.2) is 23.6 Å². The molecule has 0 spiro atoms. The van der Waals surface area contributed by atoms with Crippen LogP contribution in [-0.4, -0.2) is 17.4 Å². The summed E-state index contributed by atoms with van der Waals surface area (Å²) in [5.74, 6) is 0.890. The molecule has 2 nitrogen and oxygen atoms in total. The van der Waals surface area contributed by atoms with Crippen LogP contribution in [-0.2, 0) is 11.2 Å². The molecule has 1 aromatic rings. The van der Waals surface area contributed by atoms with E-state index in [0.717, 1.165) is 16.9 Å². The maximum absolute atomic E-state index is 10.9. The Morgan fingerprint density at radius 1 is 1.47 bits per heavy atom. The van der Waals surface area contributed by atoms with Crippen LogP contribution in [0.4, 0.5) is 0 Å². The van der Waals surface area contributed by atoms with Crippen LogP contribution in [0, 0.1) is 6.92 Å². The highest BCUT2D eigenvalue weighted by atomic mass is 32.2. The summed E-state index contributed by atoms with van der Waals surface area (Å²) in [6.45, 7) is 4.63. The Morgan fingerprint density at radius 3 is 2.80 bits per heavy atom. The average molecular weight is 224 g/mol. The predicted molar refractivity (Wildman–Crippen MR) is 65.4 cm³/mol. The third-order valence-electron chi connectivity index (χ3n) is 1.96. The quantitative estimate of drug-likeness (QED) is 0.737. The third kappa shape index (κ3) is 3.98. The molecule has 15 heavy (non-hydrogen) atoms. The van der Waals surface area contributed by atoms with Gasteiger partial charge in [-0.1, -0.05) is 12.1 Å². The molecule has 0 aromatic heterocycles. The summed E-state index contributed by atoms with van der Waals surface area (Å²) in [5, 5.41) is 1.67. The molecule has 82 valence electrons. The van der Waals surface area contributed by atoms with Gasteiger partial charge in [-0.05, 0) is 48.3 Å². The molecule has 0 radical (unpaired) electrons. The zero-order valence-electron chi connectivity index (χ0n) is 9.32. The van der Waals surface area contributed by atoms with Crippen LogP contribution in [0.5, 0.6) is 5.75 Å². The van der Waals surface area contributed by atoms with Crippen LogP contribution < -0.4 is 4.74 Å². The Kier molecular flexibility index (Phi) is 4.72. The van der Waals surface area contributed by atoms with Crippen molar-refractivity contribution < 1.29 is 9.29 Å². The van der Waals surface area contributed by atoms with E-state index in [-0.39, 0.29) is 0 Å². The van der Waals surface area contributed by atoms with Crippen molar-refractivity contribution in [1.29, 1.82) is 0 Å². The first-order valence-electron chi connectivity index (χ1n) is 4.87. The fraction of sp³-hybridized carbons (Fsp3) is 0.333. The summed E-state index contributed by atoms with van der Waals surface area (Å²) in [6, 6.07) is 5.95. The molecule has 0 saturated carbocycles. The fourth-order valence-corrected chi connectivity index (χ4v) is 1.55. The molecule has 1 unspecified atom stereocenters. The van der Waals surface area contributed by atoms with E-state index in [1.54, 1.807) is 11.7 Å². The molecular weight excluding hydrogens is 208 g/mol. The first kappa shape index (κ1) is 12.1. The lowest BCUT2D eigenvalue weighted by atomic mass is 10.1. The van der Waals surface area contributed by atoms with Crippen molar-refractivity contribution >= 4 is 17.3 Å². The predicted octanol–water partition coefficient (Wildman–Crippen LogP) is 2.74. The normalized spacial score (nSPS) is 13.1. The average Bonchev–Trinajstić information content (AvgIpc) is 2.19. The van der Waals surface area contributed by atoms with Gasteiger partial charge >= 0.3 is 0 Å². The second-order valence-electron chi connectivity index (χ2n) is 3.26. The highest BCUT2D eigenvalue weighted by molar-refractivity contribution is 7.93. The van der Waals surface area contributed by atoms with E-state index in [4.69, 9.17) is 4.74 Å². The molecular formula is C12H16O2S. The number of rotatable bonds is 4. The summed E-state index contributed by atoms with van der Waals surface area (Å²) in [6.07, 6.45) is 3.49. The van der Waals surface area contributed by atoms with E-state index >= 15 is 0 Å². The number of aryl methyl sites for hydroxylation is 1. The van der Waals surface area contributed by atoms with Gasteiger partial charge in [-0.2, -0.15) is 0 Å². The van der Waals surface area contributed by atoms with Crippen LogP contribution >= 0.6 is 0 Å². The van der Waals surface area contributed by atoms with E-state index in [1.165, 1.54) is 0 Å². The topological polar surface area (TPSA) is 32.3 Å². The lowest BCUT2D eigenvalue weighted by Gasteiger charge is -2.07. The minimum atomic E-state index is -0.903. The molecule has 0 aliphatic heterocycles. The Hall–Kier alpha value is -0.930. The molecule has 0 amide bonds. The van der Waals surface area contributed by atoms with Crippen LogP contribution in [0.1, 0.15) is 18.1 Å². The van der Waals surface area contributed by atoms with Gasteiger partial charge in [0, 0.05) is 0 Å². The monoisotopic (exact) mass is 224 g/mol. The Bertz CT molecular complexity index is 345. The SMILES string of the molecule is CCOc1cc(C=C[S+](C)[O-])ccc1C. The Labute approximate surface area is 94.1 Å². The Balaban J connectivity index is 2.87. The molecule has 0 bridgehead atoms. The van der Waals surface area contributed by atoms with Gasteiger partial charge in [0.05, 0.1) is 12.9 Å². The summed E-state index contributed by atoms with van der Waals surface area (Å²) in [5.41, 5.74) is 2.13. The van der Waals surface area contributed by atoms with E-state index in [2.05, 4.69) is 0 Å². The van der Waals surface area contributed by atoms with Crippen LogP contribution in [0.2, 0.25) is 0 Å². The van der Waals surface area contributed by atoms with Gasteiger partial charge in [0.2, 0.25) is 0 Å². The van der Waals surface area contributed by atoms with Gasteiger partial charge in [-0.15, -0.1) is 0 Å². The number of benzene rings is 1. The van der Waals surface area contributed by atoms with Crippen LogP contribution in [0.25, 0.3) is 6.08 Å². The van der Waals surface area contributed by atoms with Gasteiger partial charge in [0.15, 0.2) is 0 Å². The second kappa shape index (κ2) is 5.83. The zero-order chi connectivity index (χ0) is 11.3. The van der Waals surface area contributed by atoms with E-state index < -0.39 is 11.2 Å². The van der Waals surface area contributed by atoms with E-state index in [1.807, 2.05) is 38.1 Å². The highest BCUT2D eigenvalue weighted by Gasteiger charge is 1.99. The highest BCUT2D eigenvalue weighted by Crippen LogP contribution is 2.20.